The normalized spacial score (nSPS) is 25.7. The Balaban J connectivity index is 2.30. The number of hydrogen-bond donors (Lipinski definition) is 1. The summed E-state index contributed by atoms with van der Waals surface area (Å²) < 4.78 is 19.0. The molecule has 2 rings (SSSR count). The van der Waals surface area contributed by atoms with Gasteiger partial charge in [-0.3, -0.25) is 0 Å². The first kappa shape index (κ1) is 11.6. The van der Waals surface area contributed by atoms with Gasteiger partial charge in [0.05, 0.1) is 6.10 Å². The zero-order valence-electron chi connectivity index (χ0n) is 9.58. The smallest absolute Gasteiger partial charge is 0.123 e. The van der Waals surface area contributed by atoms with Crippen molar-refractivity contribution >= 4 is 0 Å². The van der Waals surface area contributed by atoms with Crippen LogP contribution in [0.2, 0.25) is 0 Å². The van der Waals surface area contributed by atoms with Crippen LogP contribution in [0.3, 0.4) is 0 Å². The van der Waals surface area contributed by atoms with Gasteiger partial charge < -0.3 is 10.5 Å². The number of halogens is 1. The third kappa shape index (κ3) is 2.25. The zero-order valence-corrected chi connectivity index (χ0v) is 9.58. The van der Waals surface area contributed by atoms with Crippen molar-refractivity contribution in [2.24, 2.45) is 11.7 Å². The summed E-state index contributed by atoms with van der Waals surface area (Å²) in [7, 11) is 0. The fourth-order valence-electron chi connectivity index (χ4n) is 2.35. The Morgan fingerprint density at radius 1 is 1.50 bits per heavy atom. The Bertz CT molecular complexity index is 367. The van der Waals surface area contributed by atoms with Crippen LogP contribution in [0.25, 0.3) is 0 Å². The van der Waals surface area contributed by atoms with Gasteiger partial charge in [0.15, 0.2) is 0 Å². The molecule has 1 aromatic rings. The molecule has 1 aliphatic heterocycles. The van der Waals surface area contributed by atoms with E-state index in [2.05, 4.69) is 0 Å². The molecule has 1 saturated heterocycles. The molecule has 2 atom stereocenters. The maximum atomic E-state index is 13.2. The van der Waals surface area contributed by atoms with E-state index < -0.39 is 0 Å². The molecule has 0 amide bonds. The van der Waals surface area contributed by atoms with E-state index in [1.54, 1.807) is 12.1 Å². The maximum Gasteiger partial charge on any atom is 0.123 e. The minimum absolute atomic E-state index is 0.0329. The lowest BCUT2D eigenvalue weighted by molar-refractivity contribution is -0.0256. The molecule has 2 N–H and O–H groups in total. The van der Waals surface area contributed by atoms with E-state index in [0.717, 1.165) is 30.6 Å². The van der Waals surface area contributed by atoms with E-state index in [4.69, 9.17) is 10.5 Å². The highest BCUT2D eigenvalue weighted by atomic mass is 19.1. The Morgan fingerprint density at radius 3 is 3.06 bits per heavy atom. The topological polar surface area (TPSA) is 35.2 Å². The van der Waals surface area contributed by atoms with Crippen LogP contribution in [0.1, 0.15) is 30.1 Å². The molecule has 0 radical (unpaired) electrons. The van der Waals surface area contributed by atoms with E-state index in [1.165, 1.54) is 6.07 Å². The molecular weight excluding hydrogens is 205 g/mol. The molecule has 2 unspecified atom stereocenters. The van der Waals surface area contributed by atoms with Gasteiger partial charge in [-0.1, -0.05) is 6.07 Å². The summed E-state index contributed by atoms with van der Waals surface area (Å²) in [6, 6.07) is 4.86. The lowest BCUT2D eigenvalue weighted by Crippen LogP contribution is -2.29. The fraction of sp³-hybridized carbons (Fsp3) is 0.538. The van der Waals surface area contributed by atoms with E-state index in [0.29, 0.717) is 12.5 Å². The molecule has 0 saturated carbocycles. The Labute approximate surface area is 95.6 Å². The quantitative estimate of drug-likeness (QED) is 0.836. The number of aryl methyl sites for hydroxylation is 1. The highest BCUT2D eigenvalue weighted by molar-refractivity contribution is 5.29. The van der Waals surface area contributed by atoms with Gasteiger partial charge in [-0.25, -0.2) is 4.39 Å². The van der Waals surface area contributed by atoms with Crippen LogP contribution in [0.4, 0.5) is 4.39 Å². The molecule has 1 aliphatic rings. The van der Waals surface area contributed by atoms with Crippen LogP contribution in [-0.2, 0) is 4.74 Å². The first-order valence-corrected chi connectivity index (χ1v) is 5.80. The highest BCUT2D eigenvalue weighted by Crippen LogP contribution is 2.34. The standard InChI is InChI=1S/C13H18FNO/c1-9-4-5-11(14)7-12(9)13-10(8-15)3-2-6-16-13/h4-5,7,10,13H,2-3,6,8,15H2,1H3. The molecule has 0 spiro atoms. The SMILES string of the molecule is Cc1ccc(F)cc1C1OCCCC1CN. The Morgan fingerprint density at radius 2 is 2.31 bits per heavy atom. The van der Waals surface area contributed by atoms with Gasteiger partial charge in [0.25, 0.3) is 0 Å². The van der Waals surface area contributed by atoms with Crippen LogP contribution in [0.15, 0.2) is 18.2 Å². The van der Waals surface area contributed by atoms with Gasteiger partial charge in [0.2, 0.25) is 0 Å². The molecule has 1 fully saturated rings. The molecule has 2 nitrogen and oxygen atoms in total. The van der Waals surface area contributed by atoms with Crippen molar-refractivity contribution in [2.45, 2.75) is 25.9 Å². The number of hydrogen-bond acceptors (Lipinski definition) is 2. The van der Waals surface area contributed by atoms with Gasteiger partial charge in [-0.2, -0.15) is 0 Å². The second kappa shape index (κ2) is 4.93. The maximum absolute atomic E-state index is 13.2. The highest BCUT2D eigenvalue weighted by Gasteiger charge is 2.27. The first-order valence-electron chi connectivity index (χ1n) is 5.80. The number of rotatable bonds is 2. The Hall–Kier alpha value is -0.930. The number of benzene rings is 1. The zero-order chi connectivity index (χ0) is 11.5. The average molecular weight is 223 g/mol. The minimum Gasteiger partial charge on any atom is -0.373 e. The van der Waals surface area contributed by atoms with Crippen molar-refractivity contribution in [2.75, 3.05) is 13.2 Å². The van der Waals surface area contributed by atoms with E-state index >= 15 is 0 Å². The second-order valence-electron chi connectivity index (χ2n) is 4.43. The van der Waals surface area contributed by atoms with Crippen molar-refractivity contribution < 1.29 is 9.13 Å². The summed E-state index contributed by atoms with van der Waals surface area (Å²) in [4.78, 5) is 0. The van der Waals surface area contributed by atoms with Crippen LogP contribution in [0, 0.1) is 18.7 Å². The summed E-state index contributed by atoms with van der Waals surface area (Å²) >= 11 is 0. The van der Waals surface area contributed by atoms with E-state index in [9.17, 15) is 4.39 Å². The van der Waals surface area contributed by atoms with Crippen molar-refractivity contribution in [1.82, 2.24) is 0 Å². The third-order valence-electron chi connectivity index (χ3n) is 3.30. The Kier molecular flexibility index (Phi) is 3.56. The molecule has 16 heavy (non-hydrogen) atoms. The molecular formula is C13H18FNO. The lowest BCUT2D eigenvalue weighted by atomic mass is 9.87. The third-order valence-corrected chi connectivity index (χ3v) is 3.30. The van der Waals surface area contributed by atoms with Crippen molar-refractivity contribution in [3.8, 4) is 0 Å². The number of nitrogens with two attached hydrogens (primary N) is 1. The van der Waals surface area contributed by atoms with Gasteiger partial charge in [0.1, 0.15) is 5.82 Å². The molecule has 88 valence electrons. The molecule has 1 aromatic carbocycles. The fourth-order valence-corrected chi connectivity index (χ4v) is 2.35. The first-order chi connectivity index (χ1) is 7.72. The van der Waals surface area contributed by atoms with Crippen LogP contribution in [-0.4, -0.2) is 13.2 Å². The molecule has 0 aromatic heterocycles. The van der Waals surface area contributed by atoms with Crippen LogP contribution >= 0.6 is 0 Å². The van der Waals surface area contributed by atoms with Crippen LogP contribution in [0.5, 0.6) is 0 Å². The summed E-state index contributed by atoms with van der Waals surface area (Å²) in [6.07, 6.45) is 2.08. The van der Waals surface area contributed by atoms with Crippen molar-refractivity contribution in [3.05, 3.63) is 35.1 Å². The molecule has 1 heterocycles. The van der Waals surface area contributed by atoms with E-state index in [1.807, 2.05) is 6.92 Å². The molecule has 0 aliphatic carbocycles. The summed E-state index contributed by atoms with van der Waals surface area (Å²) in [5.74, 6) is 0.111. The lowest BCUT2D eigenvalue weighted by Gasteiger charge is -2.32. The van der Waals surface area contributed by atoms with Crippen molar-refractivity contribution in [3.63, 3.8) is 0 Å². The minimum atomic E-state index is -0.203. The van der Waals surface area contributed by atoms with Gasteiger partial charge in [-0.15, -0.1) is 0 Å². The summed E-state index contributed by atoms with van der Waals surface area (Å²) in [5.41, 5.74) is 7.77. The van der Waals surface area contributed by atoms with Crippen molar-refractivity contribution in [1.29, 1.82) is 0 Å². The largest absolute Gasteiger partial charge is 0.373 e. The van der Waals surface area contributed by atoms with Gasteiger partial charge in [0, 0.05) is 12.5 Å². The predicted octanol–water partition coefficient (Wildman–Crippen LogP) is 2.56. The van der Waals surface area contributed by atoms with Gasteiger partial charge in [-0.05, 0) is 49.6 Å². The average Bonchev–Trinajstić information content (AvgIpc) is 2.32. The number of ether oxygens (including phenoxy) is 1. The van der Waals surface area contributed by atoms with Crippen LogP contribution < -0.4 is 5.73 Å². The predicted molar refractivity (Wildman–Crippen MR) is 61.6 cm³/mol. The van der Waals surface area contributed by atoms with Gasteiger partial charge >= 0.3 is 0 Å². The molecule has 0 bridgehead atoms. The second-order valence-corrected chi connectivity index (χ2v) is 4.43. The molecule has 3 heteroatoms. The summed E-state index contributed by atoms with van der Waals surface area (Å²) in [6.45, 7) is 3.33. The monoisotopic (exact) mass is 223 g/mol. The van der Waals surface area contributed by atoms with E-state index in [-0.39, 0.29) is 11.9 Å². The summed E-state index contributed by atoms with van der Waals surface area (Å²) in [5, 5.41) is 0.